The van der Waals surface area contributed by atoms with Gasteiger partial charge in [-0.1, -0.05) is 12.1 Å². The van der Waals surface area contributed by atoms with Crippen molar-refractivity contribution < 1.29 is 28.2 Å². The van der Waals surface area contributed by atoms with Crippen LogP contribution in [0.5, 0.6) is 0 Å². The summed E-state index contributed by atoms with van der Waals surface area (Å²) in [7, 11) is 0. The summed E-state index contributed by atoms with van der Waals surface area (Å²) in [4.78, 5) is 14.4. The molecule has 1 aromatic rings. The molecule has 2 N–H and O–H groups in total. The minimum absolute atomic E-state index is 0.165. The summed E-state index contributed by atoms with van der Waals surface area (Å²) in [5, 5.41) is 18.8. The molecule has 24 heavy (non-hydrogen) atoms. The summed E-state index contributed by atoms with van der Waals surface area (Å²) in [5.41, 5.74) is -0.0151. The van der Waals surface area contributed by atoms with E-state index in [1.807, 2.05) is 11.8 Å². The summed E-state index contributed by atoms with van der Waals surface area (Å²) in [5.74, 6) is 0. The fourth-order valence-corrected chi connectivity index (χ4v) is 3.11. The van der Waals surface area contributed by atoms with Gasteiger partial charge in [-0.2, -0.15) is 13.2 Å². The molecule has 3 atom stereocenters. The first kappa shape index (κ1) is 18.5. The molecule has 8 heteroatoms. The number of hydrogen-bond donors (Lipinski definition) is 2. The standard InChI is InChI=1S/C16H21F3N2O3/c1-10-7-21(14(9-22)8-20(10)15(23)24)11(2)12-3-5-13(6-4-12)16(17,18)19/h3-6,10-11,14,22H,7-9H2,1-2H3,(H,23,24). The molecule has 0 saturated carbocycles. The first-order valence-corrected chi connectivity index (χ1v) is 7.68. The Kier molecular flexibility index (Phi) is 5.39. The second kappa shape index (κ2) is 6.98. The van der Waals surface area contributed by atoms with Crippen molar-refractivity contribution in [2.45, 2.75) is 38.1 Å². The maximum absolute atomic E-state index is 12.7. The van der Waals surface area contributed by atoms with E-state index < -0.39 is 23.9 Å². The number of amides is 1. The van der Waals surface area contributed by atoms with Crippen LogP contribution in [0.2, 0.25) is 0 Å². The average Bonchev–Trinajstić information content (AvgIpc) is 2.53. The van der Waals surface area contributed by atoms with E-state index >= 15 is 0 Å². The first-order valence-electron chi connectivity index (χ1n) is 7.68. The smallest absolute Gasteiger partial charge is 0.416 e. The van der Waals surface area contributed by atoms with Crippen LogP contribution in [0.25, 0.3) is 0 Å². The Labute approximate surface area is 138 Å². The quantitative estimate of drug-likeness (QED) is 0.883. The molecular formula is C16H21F3N2O3. The minimum Gasteiger partial charge on any atom is -0.465 e. The molecule has 2 rings (SSSR count). The maximum Gasteiger partial charge on any atom is 0.416 e. The molecule has 1 aliphatic heterocycles. The van der Waals surface area contributed by atoms with Crippen LogP contribution < -0.4 is 0 Å². The summed E-state index contributed by atoms with van der Waals surface area (Å²) in [6.07, 6.45) is -5.42. The van der Waals surface area contributed by atoms with Gasteiger partial charge in [-0.25, -0.2) is 4.79 Å². The third kappa shape index (κ3) is 3.81. The Hall–Kier alpha value is -1.80. The number of carboxylic acid groups (broad SMARTS) is 1. The van der Waals surface area contributed by atoms with Crippen molar-refractivity contribution in [1.82, 2.24) is 9.80 Å². The molecule has 1 amide bonds. The molecule has 0 aliphatic carbocycles. The van der Waals surface area contributed by atoms with Crippen molar-refractivity contribution in [2.24, 2.45) is 0 Å². The molecule has 0 radical (unpaired) electrons. The monoisotopic (exact) mass is 346 g/mol. The lowest BCUT2D eigenvalue weighted by Crippen LogP contribution is -2.60. The highest BCUT2D eigenvalue weighted by Gasteiger charge is 2.36. The number of aliphatic hydroxyl groups excluding tert-OH is 1. The number of rotatable bonds is 3. The van der Waals surface area contributed by atoms with Crippen LogP contribution in [0.4, 0.5) is 18.0 Å². The fraction of sp³-hybridized carbons (Fsp3) is 0.562. The predicted octanol–water partition coefficient (Wildman–Crippen LogP) is 2.81. The van der Waals surface area contributed by atoms with Crippen molar-refractivity contribution in [1.29, 1.82) is 0 Å². The average molecular weight is 346 g/mol. The number of nitrogens with zero attached hydrogens (tertiary/aromatic N) is 2. The molecule has 1 fully saturated rings. The van der Waals surface area contributed by atoms with Gasteiger partial charge in [-0.15, -0.1) is 0 Å². The van der Waals surface area contributed by atoms with Gasteiger partial charge >= 0.3 is 12.3 Å². The van der Waals surface area contributed by atoms with E-state index in [0.717, 1.165) is 12.1 Å². The second-order valence-electron chi connectivity index (χ2n) is 6.11. The zero-order chi connectivity index (χ0) is 18.1. The van der Waals surface area contributed by atoms with E-state index in [1.165, 1.54) is 17.0 Å². The Morgan fingerprint density at radius 3 is 2.33 bits per heavy atom. The van der Waals surface area contributed by atoms with E-state index in [2.05, 4.69) is 0 Å². The van der Waals surface area contributed by atoms with Gasteiger partial charge in [-0.3, -0.25) is 4.90 Å². The SMILES string of the molecule is CC1CN(C(C)c2ccc(C(F)(F)F)cc2)C(CO)CN1C(=O)O. The van der Waals surface area contributed by atoms with Crippen molar-refractivity contribution in [3.05, 3.63) is 35.4 Å². The number of hydrogen-bond acceptors (Lipinski definition) is 3. The predicted molar refractivity (Wildman–Crippen MR) is 81.6 cm³/mol. The number of aliphatic hydroxyl groups is 1. The van der Waals surface area contributed by atoms with Crippen LogP contribution >= 0.6 is 0 Å². The lowest BCUT2D eigenvalue weighted by molar-refractivity contribution is -0.137. The van der Waals surface area contributed by atoms with E-state index in [0.29, 0.717) is 12.1 Å². The van der Waals surface area contributed by atoms with Crippen molar-refractivity contribution >= 4 is 6.09 Å². The van der Waals surface area contributed by atoms with Gasteiger partial charge in [0.25, 0.3) is 0 Å². The maximum atomic E-state index is 12.7. The third-order valence-corrected chi connectivity index (χ3v) is 4.56. The number of piperazine rings is 1. The number of carbonyl (C=O) groups is 1. The van der Waals surface area contributed by atoms with Gasteiger partial charge in [0.05, 0.1) is 18.2 Å². The zero-order valence-corrected chi connectivity index (χ0v) is 13.5. The van der Waals surface area contributed by atoms with E-state index in [9.17, 15) is 28.2 Å². The Balaban J connectivity index is 2.18. The topological polar surface area (TPSA) is 64.0 Å². The number of alkyl halides is 3. The molecule has 1 saturated heterocycles. The molecule has 3 unspecified atom stereocenters. The van der Waals surface area contributed by atoms with Gasteiger partial charge in [0.1, 0.15) is 0 Å². The van der Waals surface area contributed by atoms with Crippen LogP contribution in [0.1, 0.15) is 31.0 Å². The van der Waals surface area contributed by atoms with Crippen LogP contribution in [-0.4, -0.2) is 57.9 Å². The highest BCUT2D eigenvalue weighted by molar-refractivity contribution is 5.65. The third-order valence-electron chi connectivity index (χ3n) is 4.56. The van der Waals surface area contributed by atoms with Crippen molar-refractivity contribution in [2.75, 3.05) is 19.7 Å². The van der Waals surface area contributed by atoms with Gasteiger partial charge in [0.2, 0.25) is 0 Å². The highest BCUT2D eigenvalue weighted by Crippen LogP contribution is 2.32. The molecule has 134 valence electrons. The molecule has 0 aromatic heterocycles. The number of benzene rings is 1. The summed E-state index contributed by atoms with van der Waals surface area (Å²) < 4.78 is 38.0. The fourth-order valence-electron chi connectivity index (χ4n) is 3.11. The molecular weight excluding hydrogens is 325 g/mol. The molecule has 5 nitrogen and oxygen atoms in total. The van der Waals surface area contributed by atoms with Crippen LogP contribution in [0.15, 0.2) is 24.3 Å². The van der Waals surface area contributed by atoms with Crippen molar-refractivity contribution in [3.8, 4) is 0 Å². The van der Waals surface area contributed by atoms with Crippen LogP contribution in [0, 0.1) is 0 Å². The molecule has 1 heterocycles. The van der Waals surface area contributed by atoms with Gasteiger partial charge < -0.3 is 15.1 Å². The summed E-state index contributed by atoms with van der Waals surface area (Å²) in [6.45, 7) is 3.96. The van der Waals surface area contributed by atoms with E-state index in [4.69, 9.17) is 0 Å². The molecule has 0 spiro atoms. The molecule has 0 bridgehead atoms. The second-order valence-corrected chi connectivity index (χ2v) is 6.11. The Morgan fingerprint density at radius 2 is 1.88 bits per heavy atom. The highest BCUT2D eigenvalue weighted by atomic mass is 19.4. The lowest BCUT2D eigenvalue weighted by atomic mass is 9.99. The van der Waals surface area contributed by atoms with Crippen molar-refractivity contribution in [3.63, 3.8) is 0 Å². The number of halogens is 3. The minimum atomic E-state index is -4.38. The first-order chi connectivity index (χ1) is 11.1. The zero-order valence-electron chi connectivity index (χ0n) is 13.5. The largest absolute Gasteiger partial charge is 0.465 e. The summed E-state index contributed by atoms with van der Waals surface area (Å²) in [6, 6.07) is 4.04. The Bertz CT molecular complexity index is 577. The van der Waals surface area contributed by atoms with Gasteiger partial charge in [0.15, 0.2) is 0 Å². The van der Waals surface area contributed by atoms with E-state index in [-0.39, 0.29) is 25.2 Å². The normalized spacial score (nSPS) is 24.0. The van der Waals surface area contributed by atoms with Gasteiger partial charge in [-0.05, 0) is 31.5 Å². The van der Waals surface area contributed by atoms with E-state index in [1.54, 1.807) is 6.92 Å². The van der Waals surface area contributed by atoms with Crippen LogP contribution in [-0.2, 0) is 6.18 Å². The van der Waals surface area contributed by atoms with Gasteiger partial charge in [0, 0.05) is 25.2 Å². The van der Waals surface area contributed by atoms with Crippen LogP contribution in [0.3, 0.4) is 0 Å². The lowest BCUT2D eigenvalue weighted by Gasteiger charge is -2.46. The summed E-state index contributed by atoms with van der Waals surface area (Å²) >= 11 is 0. The molecule has 1 aromatic carbocycles. The Morgan fingerprint density at radius 1 is 1.29 bits per heavy atom. The molecule has 1 aliphatic rings.